The first-order valence-corrected chi connectivity index (χ1v) is 8.72. The summed E-state index contributed by atoms with van der Waals surface area (Å²) in [6, 6.07) is 15.5. The maximum absolute atomic E-state index is 12.0. The molecule has 26 heavy (non-hydrogen) atoms. The molecule has 0 saturated carbocycles. The van der Waals surface area contributed by atoms with Gasteiger partial charge in [-0.25, -0.2) is 4.79 Å². The van der Waals surface area contributed by atoms with Gasteiger partial charge in [-0.1, -0.05) is 47.6 Å². The minimum absolute atomic E-state index is 0.0349. The number of oxime groups is 1. The van der Waals surface area contributed by atoms with Crippen molar-refractivity contribution in [3.8, 4) is 5.75 Å². The first-order valence-electron chi connectivity index (χ1n) is 8.72. The Hall–Kier alpha value is -2.82. The van der Waals surface area contributed by atoms with Crippen molar-refractivity contribution in [1.29, 1.82) is 0 Å². The Morgan fingerprint density at radius 1 is 1.08 bits per heavy atom. The second kappa shape index (κ2) is 10.2. The highest BCUT2D eigenvalue weighted by atomic mass is 16.5. The fourth-order valence-electron chi connectivity index (χ4n) is 2.44. The number of benzene rings is 2. The van der Waals surface area contributed by atoms with E-state index >= 15 is 0 Å². The fraction of sp³-hybridized carbons (Fsp3) is 0.333. The number of ether oxygens (including phenoxy) is 2. The molecule has 0 heterocycles. The second-order valence-corrected chi connectivity index (χ2v) is 6.18. The van der Waals surface area contributed by atoms with Crippen LogP contribution < -0.4 is 4.74 Å². The van der Waals surface area contributed by atoms with Gasteiger partial charge in [-0.15, -0.1) is 0 Å². The summed E-state index contributed by atoms with van der Waals surface area (Å²) >= 11 is 0. The van der Waals surface area contributed by atoms with E-state index in [2.05, 4.69) is 5.16 Å². The molecule has 5 heteroatoms. The first kappa shape index (κ1) is 19.5. The maximum Gasteiger partial charge on any atom is 0.356 e. The standard InChI is InChI=1S/C21H25NO4/c1-16-11-12-17(2)20(14-16)25-13-7-6-10-19(22-24)21(23)26-15-18-8-4-3-5-9-18/h3-5,8-9,11-12,14,24H,6-7,10,13,15H2,1-2H3/b22-19-. The zero-order valence-corrected chi connectivity index (χ0v) is 15.3. The summed E-state index contributed by atoms with van der Waals surface area (Å²) in [5, 5.41) is 12.1. The molecular formula is C21H25NO4. The van der Waals surface area contributed by atoms with Gasteiger partial charge >= 0.3 is 5.97 Å². The number of hydrogen-bond acceptors (Lipinski definition) is 5. The van der Waals surface area contributed by atoms with Gasteiger partial charge in [0.15, 0.2) is 5.71 Å². The minimum Gasteiger partial charge on any atom is -0.493 e. The number of esters is 1. The third-order valence-corrected chi connectivity index (χ3v) is 3.98. The Bertz CT molecular complexity index is 741. The Morgan fingerprint density at radius 3 is 2.58 bits per heavy atom. The molecule has 0 atom stereocenters. The normalized spacial score (nSPS) is 11.2. The largest absolute Gasteiger partial charge is 0.493 e. The third-order valence-electron chi connectivity index (χ3n) is 3.98. The molecule has 2 rings (SSSR count). The highest BCUT2D eigenvalue weighted by Gasteiger charge is 2.14. The van der Waals surface area contributed by atoms with Crippen molar-refractivity contribution in [2.24, 2.45) is 5.16 Å². The third kappa shape index (κ3) is 6.24. The topological polar surface area (TPSA) is 68.1 Å². The van der Waals surface area contributed by atoms with Gasteiger partial charge in [-0.05, 0) is 49.4 Å². The van der Waals surface area contributed by atoms with E-state index in [1.54, 1.807) is 0 Å². The van der Waals surface area contributed by atoms with E-state index < -0.39 is 5.97 Å². The van der Waals surface area contributed by atoms with E-state index in [0.29, 0.717) is 19.4 Å². The molecule has 0 aliphatic carbocycles. The van der Waals surface area contributed by atoms with Crippen molar-refractivity contribution in [3.05, 3.63) is 65.2 Å². The van der Waals surface area contributed by atoms with E-state index in [4.69, 9.17) is 14.7 Å². The van der Waals surface area contributed by atoms with Gasteiger partial charge in [-0.3, -0.25) is 0 Å². The molecule has 0 bridgehead atoms. The summed E-state index contributed by atoms with van der Waals surface area (Å²) in [5.41, 5.74) is 3.17. The first-order chi connectivity index (χ1) is 12.6. The lowest BCUT2D eigenvalue weighted by atomic mass is 10.1. The molecule has 0 unspecified atom stereocenters. The van der Waals surface area contributed by atoms with Gasteiger partial charge in [0.25, 0.3) is 0 Å². The van der Waals surface area contributed by atoms with Gasteiger partial charge in [0.05, 0.1) is 6.61 Å². The van der Waals surface area contributed by atoms with E-state index in [1.165, 1.54) is 0 Å². The lowest BCUT2D eigenvalue weighted by Gasteiger charge is -2.10. The fourth-order valence-corrected chi connectivity index (χ4v) is 2.44. The molecule has 0 aromatic heterocycles. The Morgan fingerprint density at radius 2 is 1.85 bits per heavy atom. The van der Waals surface area contributed by atoms with Crippen LogP contribution in [0.5, 0.6) is 5.75 Å². The molecule has 0 amide bonds. The van der Waals surface area contributed by atoms with Crippen LogP contribution in [0, 0.1) is 13.8 Å². The highest BCUT2D eigenvalue weighted by Crippen LogP contribution is 2.19. The van der Waals surface area contributed by atoms with E-state index in [1.807, 2.05) is 62.4 Å². The molecular weight excluding hydrogens is 330 g/mol. The molecule has 1 N–H and O–H groups in total. The molecule has 5 nitrogen and oxygen atoms in total. The van der Waals surface area contributed by atoms with Crippen LogP contribution in [-0.2, 0) is 16.1 Å². The van der Waals surface area contributed by atoms with Crippen LogP contribution >= 0.6 is 0 Å². The number of unbranched alkanes of at least 4 members (excludes halogenated alkanes) is 1. The molecule has 0 saturated heterocycles. The van der Waals surface area contributed by atoms with E-state index in [-0.39, 0.29) is 12.3 Å². The molecule has 2 aromatic rings. The quantitative estimate of drug-likeness (QED) is 0.238. The van der Waals surface area contributed by atoms with Gasteiger partial charge in [0.2, 0.25) is 0 Å². The summed E-state index contributed by atoms with van der Waals surface area (Å²) in [4.78, 5) is 12.0. The van der Waals surface area contributed by atoms with E-state index in [9.17, 15) is 4.79 Å². The van der Waals surface area contributed by atoms with Crippen molar-refractivity contribution in [2.75, 3.05) is 6.61 Å². The molecule has 0 fully saturated rings. The second-order valence-electron chi connectivity index (χ2n) is 6.18. The van der Waals surface area contributed by atoms with Crippen LogP contribution in [0.3, 0.4) is 0 Å². The zero-order valence-electron chi connectivity index (χ0n) is 15.3. The lowest BCUT2D eigenvalue weighted by Crippen LogP contribution is -2.18. The summed E-state index contributed by atoms with van der Waals surface area (Å²) in [7, 11) is 0. The van der Waals surface area contributed by atoms with Crippen molar-refractivity contribution >= 4 is 11.7 Å². The van der Waals surface area contributed by atoms with Crippen LogP contribution in [0.2, 0.25) is 0 Å². The number of aryl methyl sites for hydroxylation is 2. The Labute approximate surface area is 154 Å². The average Bonchev–Trinajstić information content (AvgIpc) is 2.66. The molecule has 138 valence electrons. The number of nitrogens with zero attached hydrogens (tertiary/aromatic N) is 1. The predicted molar refractivity (Wildman–Crippen MR) is 101 cm³/mol. The van der Waals surface area contributed by atoms with Gasteiger partial charge in [0, 0.05) is 6.42 Å². The lowest BCUT2D eigenvalue weighted by molar-refractivity contribution is -0.137. The summed E-state index contributed by atoms with van der Waals surface area (Å²) < 4.78 is 11.0. The summed E-state index contributed by atoms with van der Waals surface area (Å²) in [6.45, 7) is 4.74. The van der Waals surface area contributed by atoms with Crippen LogP contribution in [0.1, 0.15) is 36.0 Å². The highest BCUT2D eigenvalue weighted by molar-refractivity contribution is 6.36. The monoisotopic (exact) mass is 355 g/mol. The van der Waals surface area contributed by atoms with Gasteiger partial charge in [-0.2, -0.15) is 0 Å². The Balaban J connectivity index is 1.69. The Kier molecular flexibility index (Phi) is 7.68. The van der Waals surface area contributed by atoms with Crippen LogP contribution in [0.4, 0.5) is 0 Å². The SMILES string of the molecule is Cc1ccc(C)c(OCCCC/C(=N/O)C(=O)OCc2ccccc2)c1. The van der Waals surface area contributed by atoms with Crippen molar-refractivity contribution in [2.45, 2.75) is 39.7 Å². The van der Waals surface area contributed by atoms with Crippen LogP contribution in [0.15, 0.2) is 53.7 Å². The predicted octanol–water partition coefficient (Wildman–Crippen LogP) is 4.43. The molecule has 0 spiro atoms. The zero-order chi connectivity index (χ0) is 18.8. The number of carbonyl (C=O) groups excluding carboxylic acids is 1. The molecule has 0 aliphatic rings. The van der Waals surface area contributed by atoms with Crippen molar-refractivity contribution in [1.82, 2.24) is 0 Å². The van der Waals surface area contributed by atoms with Gasteiger partial charge < -0.3 is 14.7 Å². The molecule has 0 aliphatic heterocycles. The van der Waals surface area contributed by atoms with Crippen LogP contribution in [0.25, 0.3) is 0 Å². The smallest absolute Gasteiger partial charge is 0.356 e. The maximum atomic E-state index is 12.0. The van der Waals surface area contributed by atoms with Crippen LogP contribution in [-0.4, -0.2) is 23.5 Å². The van der Waals surface area contributed by atoms with Gasteiger partial charge in [0.1, 0.15) is 12.4 Å². The average molecular weight is 355 g/mol. The van der Waals surface area contributed by atoms with Crippen molar-refractivity contribution < 1.29 is 19.5 Å². The molecule has 2 aromatic carbocycles. The number of rotatable bonds is 9. The molecule has 0 radical (unpaired) electrons. The van der Waals surface area contributed by atoms with E-state index in [0.717, 1.165) is 28.9 Å². The van der Waals surface area contributed by atoms with Crippen molar-refractivity contribution in [3.63, 3.8) is 0 Å². The number of carbonyl (C=O) groups is 1. The summed E-state index contributed by atoms with van der Waals surface area (Å²) in [6.07, 6.45) is 1.77. The number of hydrogen-bond donors (Lipinski definition) is 1. The summed E-state index contributed by atoms with van der Waals surface area (Å²) in [5.74, 6) is 0.287. The minimum atomic E-state index is -0.591.